The van der Waals surface area contributed by atoms with Gasteiger partial charge in [-0.05, 0) is 18.2 Å². The van der Waals surface area contributed by atoms with Crippen LogP contribution in [-0.4, -0.2) is 11.2 Å². The van der Waals surface area contributed by atoms with E-state index < -0.39 is 3.79 Å². The smallest absolute Gasteiger partial charge is 0.216 e. The standard InChI is InChI=1S/C13H7Cl5N2/c14-10-3-1-2-8(12(10)15)7-20-11-6-9(4-5-19-11)13(16,17)18/h1-7H. The summed E-state index contributed by atoms with van der Waals surface area (Å²) in [6.45, 7) is 0. The number of rotatable bonds is 2. The van der Waals surface area contributed by atoms with Crippen LogP contribution < -0.4 is 0 Å². The summed E-state index contributed by atoms with van der Waals surface area (Å²) in [5, 5.41) is 0.883. The molecule has 0 spiro atoms. The zero-order valence-corrected chi connectivity index (χ0v) is 13.6. The van der Waals surface area contributed by atoms with E-state index in [0.29, 0.717) is 27.0 Å². The lowest BCUT2D eigenvalue weighted by atomic mass is 10.2. The van der Waals surface area contributed by atoms with Gasteiger partial charge < -0.3 is 0 Å². The van der Waals surface area contributed by atoms with E-state index in [-0.39, 0.29) is 0 Å². The molecule has 1 aromatic heterocycles. The molecule has 2 nitrogen and oxygen atoms in total. The molecule has 2 aromatic rings. The third-order valence-electron chi connectivity index (χ3n) is 2.39. The van der Waals surface area contributed by atoms with E-state index in [1.807, 2.05) is 0 Å². The molecule has 0 saturated carbocycles. The number of aliphatic imine (C=N–C) groups is 1. The van der Waals surface area contributed by atoms with Gasteiger partial charge in [-0.25, -0.2) is 9.98 Å². The van der Waals surface area contributed by atoms with E-state index in [2.05, 4.69) is 9.98 Å². The molecule has 1 heterocycles. The van der Waals surface area contributed by atoms with E-state index in [0.717, 1.165) is 0 Å². The molecule has 2 rings (SSSR count). The molecule has 0 saturated heterocycles. The Morgan fingerprint density at radius 2 is 1.85 bits per heavy atom. The molecule has 0 aliphatic heterocycles. The molecule has 0 amide bonds. The average Bonchev–Trinajstić information content (AvgIpc) is 2.40. The van der Waals surface area contributed by atoms with Crippen LogP contribution in [-0.2, 0) is 3.79 Å². The SMILES string of the molecule is Clc1cccc(C=Nc2cc(C(Cl)(Cl)Cl)ccn2)c1Cl. The minimum Gasteiger partial charge on any atom is -0.237 e. The summed E-state index contributed by atoms with van der Waals surface area (Å²) in [6, 6.07) is 8.46. The Morgan fingerprint density at radius 3 is 2.55 bits per heavy atom. The van der Waals surface area contributed by atoms with Gasteiger partial charge >= 0.3 is 0 Å². The summed E-state index contributed by atoms with van der Waals surface area (Å²) in [5.74, 6) is 0.407. The van der Waals surface area contributed by atoms with Crippen LogP contribution in [0.15, 0.2) is 41.5 Å². The predicted octanol–water partition coefficient (Wildman–Crippen LogP) is 5.97. The number of nitrogens with zero attached hydrogens (tertiary/aromatic N) is 2. The summed E-state index contributed by atoms with van der Waals surface area (Å²) in [5.41, 5.74) is 1.17. The van der Waals surface area contributed by atoms with Gasteiger partial charge in [-0.2, -0.15) is 0 Å². The normalized spacial score (nSPS) is 12.1. The second kappa shape index (κ2) is 6.50. The van der Waals surface area contributed by atoms with Crippen molar-refractivity contribution in [3.8, 4) is 0 Å². The van der Waals surface area contributed by atoms with Crippen molar-refractivity contribution in [1.29, 1.82) is 0 Å². The fourth-order valence-corrected chi connectivity index (χ4v) is 2.13. The number of alkyl halides is 3. The monoisotopic (exact) mass is 366 g/mol. The summed E-state index contributed by atoms with van der Waals surface area (Å²) < 4.78 is -1.51. The first-order chi connectivity index (χ1) is 9.38. The molecule has 20 heavy (non-hydrogen) atoms. The Bertz CT molecular complexity index is 649. The van der Waals surface area contributed by atoms with Crippen LogP contribution in [0, 0.1) is 0 Å². The lowest BCUT2D eigenvalue weighted by Crippen LogP contribution is -1.99. The second-order valence-electron chi connectivity index (χ2n) is 3.80. The molecule has 0 aliphatic rings. The first-order valence-electron chi connectivity index (χ1n) is 5.39. The number of benzene rings is 1. The zero-order valence-electron chi connectivity index (χ0n) is 9.83. The summed E-state index contributed by atoms with van der Waals surface area (Å²) in [7, 11) is 0. The highest BCUT2D eigenvalue weighted by atomic mass is 35.6. The molecule has 0 fully saturated rings. The van der Waals surface area contributed by atoms with Crippen LogP contribution >= 0.6 is 58.0 Å². The first kappa shape index (κ1) is 15.9. The maximum Gasteiger partial charge on any atom is 0.216 e. The average molecular weight is 368 g/mol. The molecule has 0 atom stereocenters. The number of pyridine rings is 1. The lowest BCUT2D eigenvalue weighted by molar-refractivity contribution is 1.18. The summed E-state index contributed by atoms with van der Waals surface area (Å²) in [6.07, 6.45) is 3.07. The van der Waals surface area contributed by atoms with Gasteiger partial charge in [0, 0.05) is 23.5 Å². The molecule has 0 unspecified atom stereocenters. The highest BCUT2D eigenvalue weighted by molar-refractivity contribution is 6.66. The van der Waals surface area contributed by atoms with Crippen molar-refractivity contribution in [1.82, 2.24) is 4.98 Å². The first-order valence-corrected chi connectivity index (χ1v) is 7.28. The maximum atomic E-state index is 6.06. The van der Waals surface area contributed by atoms with Gasteiger partial charge in [0.25, 0.3) is 0 Å². The van der Waals surface area contributed by atoms with E-state index in [4.69, 9.17) is 58.0 Å². The van der Waals surface area contributed by atoms with Crippen molar-refractivity contribution in [2.24, 2.45) is 4.99 Å². The Labute approximate surface area is 141 Å². The molecule has 7 heteroatoms. The Kier molecular flexibility index (Phi) is 5.16. The molecule has 104 valence electrons. The molecule has 1 aromatic carbocycles. The van der Waals surface area contributed by atoms with E-state index in [9.17, 15) is 0 Å². The molecular formula is C13H7Cl5N2. The second-order valence-corrected chi connectivity index (χ2v) is 6.87. The highest BCUT2D eigenvalue weighted by Gasteiger charge is 2.22. The van der Waals surface area contributed by atoms with Crippen LogP contribution in [0.2, 0.25) is 10.0 Å². The fourth-order valence-electron chi connectivity index (χ4n) is 1.42. The predicted molar refractivity (Wildman–Crippen MR) is 87.2 cm³/mol. The van der Waals surface area contributed by atoms with Crippen molar-refractivity contribution in [2.45, 2.75) is 3.79 Å². The summed E-state index contributed by atoms with van der Waals surface area (Å²) >= 11 is 29.4. The molecule has 0 radical (unpaired) electrons. The Balaban J connectivity index is 2.30. The largest absolute Gasteiger partial charge is 0.237 e. The van der Waals surface area contributed by atoms with Gasteiger partial charge in [0.15, 0.2) is 5.82 Å². The minimum atomic E-state index is -1.51. The van der Waals surface area contributed by atoms with Gasteiger partial charge in [0.05, 0.1) is 10.0 Å². The van der Waals surface area contributed by atoms with E-state index in [1.165, 1.54) is 6.20 Å². The van der Waals surface area contributed by atoms with Gasteiger partial charge in [0.1, 0.15) is 0 Å². The molecule has 0 N–H and O–H groups in total. The maximum absolute atomic E-state index is 6.06. The Morgan fingerprint density at radius 1 is 1.10 bits per heavy atom. The topological polar surface area (TPSA) is 25.2 Å². The van der Waals surface area contributed by atoms with Crippen LogP contribution in [0.1, 0.15) is 11.1 Å². The lowest BCUT2D eigenvalue weighted by Gasteiger charge is -2.10. The molecule has 0 aliphatic carbocycles. The number of halogens is 5. The number of hydrogen-bond donors (Lipinski definition) is 0. The quantitative estimate of drug-likeness (QED) is 0.474. The summed E-state index contributed by atoms with van der Waals surface area (Å²) in [4.78, 5) is 8.27. The van der Waals surface area contributed by atoms with Crippen molar-refractivity contribution in [3.05, 3.63) is 57.7 Å². The third-order valence-corrected chi connectivity index (χ3v) is 3.88. The Hall–Kier alpha value is -0.510. The van der Waals surface area contributed by atoms with Crippen molar-refractivity contribution >= 4 is 70.0 Å². The van der Waals surface area contributed by atoms with Gasteiger partial charge in [0.2, 0.25) is 3.79 Å². The van der Waals surface area contributed by atoms with Crippen LogP contribution in [0.4, 0.5) is 5.82 Å². The zero-order chi connectivity index (χ0) is 14.8. The van der Waals surface area contributed by atoms with Gasteiger partial charge in [-0.1, -0.05) is 70.1 Å². The van der Waals surface area contributed by atoms with Crippen LogP contribution in [0.3, 0.4) is 0 Å². The van der Waals surface area contributed by atoms with E-state index in [1.54, 1.807) is 36.5 Å². The minimum absolute atomic E-state index is 0.407. The van der Waals surface area contributed by atoms with E-state index >= 15 is 0 Å². The number of hydrogen-bond acceptors (Lipinski definition) is 2. The number of aromatic nitrogens is 1. The third kappa shape index (κ3) is 4.00. The molecular weight excluding hydrogens is 361 g/mol. The highest BCUT2D eigenvalue weighted by Crippen LogP contribution is 2.38. The van der Waals surface area contributed by atoms with Crippen LogP contribution in [0.25, 0.3) is 0 Å². The van der Waals surface area contributed by atoms with Crippen molar-refractivity contribution < 1.29 is 0 Å². The fraction of sp³-hybridized carbons (Fsp3) is 0.0769. The van der Waals surface area contributed by atoms with Gasteiger partial charge in [-0.3, -0.25) is 0 Å². The van der Waals surface area contributed by atoms with Crippen molar-refractivity contribution in [2.75, 3.05) is 0 Å². The van der Waals surface area contributed by atoms with Crippen LogP contribution in [0.5, 0.6) is 0 Å². The van der Waals surface area contributed by atoms with Crippen molar-refractivity contribution in [3.63, 3.8) is 0 Å². The van der Waals surface area contributed by atoms with Gasteiger partial charge in [-0.15, -0.1) is 0 Å². The molecule has 0 bridgehead atoms.